The summed E-state index contributed by atoms with van der Waals surface area (Å²) in [6.45, 7) is 11.9. The first kappa shape index (κ1) is 44.1. The molecule has 2 aromatic carbocycles. The number of aromatic nitrogens is 1. The van der Waals surface area contributed by atoms with Gasteiger partial charge in [0.25, 0.3) is 5.91 Å². The molecule has 17 heteroatoms. The van der Waals surface area contributed by atoms with E-state index < -0.39 is 50.4 Å². The number of piperazine rings is 1. The van der Waals surface area contributed by atoms with Crippen LogP contribution in [-0.4, -0.2) is 112 Å². The number of esters is 1. The molecular formula is C41H52N6O9S2. The zero-order chi connectivity index (χ0) is 42.3. The molecule has 2 N–H and O–H groups in total. The van der Waals surface area contributed by atoms with Gasteiger partial charge in [0.15, 0.2) is 0 Å². The van der Waals surface area contributed by atoms with E-state index in [0.717, 1.165) is 17.1 Å². The number of hydrogen-bond acceptors (Lipinski definition) is 11. The van der Waals surface area contributed by atoms with Crippen molar-refractivity contribution in [3.05, 3.63) is 84.2 Å². The van der Waals surface area contributed by atoms with Gasteiger partial charge < -0.3 is 29.9 Å². The topological polar surface area (TPSA) is 185 Å². The second kappa shape index (κ2) is 18.7. The first-order valence-corrected chi connectivity index (χ1v) is 21.6. The number of anilines is 1. The Kier molecular flexibility index (Phi) is 14.2. The molecule has 0 bridgehead atoms. The van der Waals surface area contributed by atoms with Crippen LogP contribution in [0.25, 0.3) is 0 Å². The number of pyridine rings is 1. The lowest BCUT2D eigenvalue weighted by Crippen LogP contribution is -2.57. The highest BCUT2D eigenvalue weighted by atomic mass is 32.2. The van der Waals surface area contributed by atoms with E-state index in [2.05, 4.69) is 15.6 Å². The second-order valence-electron chi connectivity index (χ2n) is 15.7. The molecule has 2 atom stereocenters. The smallest absolute Gasteiger partial charge is 0.415 e. The molecule has 3 aromatic rings. The SMILES string of the molecule is CCCCC(=O)Nc1ccc(C(=O)N2CCN(C(=O)Oc3ccc(C[C@H](NC(=O)[C@H]4N(S(=O)(=O)c5cccnc5)CSC4(C)C)C(=O)OC(C)(C)C)cc3)CC2)cc1. The molecule has 0 unspecified atom stereocenters. The lowest BCUT2D eigenvalue weighted by Gasteiger charge is -2.34. The van der Waals surface area contributed by atoms with Gasteiger partial charge in [-0.05, 0) is 95.1 Å². The summed E-state index contributed by atoms with van der Waals surface area (Å²) in [5.74, 6) is -1.29. The number of nitrogens with zero attached hydrogens (tertiary/aromatic N) is 4. The highest BCUT2D eigenvalue weighted by Gasteiger charge is 2.51. The molecule has 58 heavy (non-hydrogen) atoms. The molecule has 0 saturated carbocycles. The zero-order valence-corrected chi connectivity index (χ0v) is 35.4. The van der Waals surface area contributed by atoms with Crippen molar-refractivity contribution in [1.29, 1.82) is 0 Å². The van der Waals surface area contributed by atoms with Crippen LogP contribution in [-0.2, 0) is 35.6 Å². The summed E-state index contributed by atoms with van der Waals surface area (Å²) < 4.78 is 38.9. The van der Waals surface area contributed by atoms with Crippen LogP contribution in [0, 0.1) is 0 Å². The minimum atomic E-state index is -4.10. The Bertz CT molecular complexity index is 2050. The Labute approximate surface area is 344 Å². The highest BCUT2D eigenvalue weighted by molar-refractivity contribution is 8.02. The van der Waals surface area contributed by atoms with Crippen molar-refractivity contribution in [1.82, 2.24) is 24.4 Å². The van der Waals surface area contributed by atoms with E-state index >= 15 is 0 Å². The van der Waals surface area contributed by atoms with Crippen molar-refractivity contribution in [3.8, 4) is 5.75 Å². The monoisotopic (exact) mass is 836 g/mol. The maximum atomic E-state index is 14.0. The maximum Gasteiger partial charge on any atom is 0.415 e. The lowest BCUT2D eigenvalue weighted by molar-refractivity contribution is -0.158. The van der Waals surface area contributed by atoms with E-state index in [9.17, 15) is 32.4 Å². The van der Waals surface area contributed by atoms with E-state index in [-0.39, 0.29) is 47.8 Å². The Morgan fingerprint density at radius 1 is 0.948 bits per heavy atom. The first-order valence-electron chi connectivity index (χ1n) is 19.2. The summed E-state index contributed by atoms with van der Waals surface area (Å²) in [5, 5.41) is 5.62. The zero-order valence-electron chi connectivity index (χ0n) is 33.7. The molecule has 2 aliphatic rings. The van der Waals surface area contributed by atoms with Gasteiger partial charge in [-0.1, -0.05) is 25.5 Å². The molecular weight excluding hydrogens is 785 g/mol. The molecule has 3 heterocycles. The van der Waals surface area contributed by atoms with Crippen molar-refractivity contribution >= 4 is 57.3 Å². The van der Waals surface area contributed by atoms with Gasteiger partial charge in [-0.15, -0.1) is 11.8 Å². The molecule has 2 fully saturated rings. The number of rotatable bonds is 13. The van der Waals surface area contributed by atoms with Gasteiger partial charge in [-0.3, -0.25) is 19.4 Å². The molecule has 0 aliphatic carbocycles. The van der Waals surface area contributed by atoms with Gasteiger partial charge in [0.1, 0.15) is 28.3 Å². The minimum Gasteiger partial charge on any atom is -0.458 e. The molecule has 5 rings (SSSR count). The third-order valence-corrected chi connectivity index (χ3v) is 12.9. The molecule has 4 amide bonds. The van der Waals surface area contributed by atoms with Gasteiger partial charge in [0.05, 0.1) is 5.88 Å². The van der Waals surface area contributed by atoms with Crippen LogP contribution >= 0.6 is 11.8 Å². The van der Waals surface area contributed by atoms with E-state index in [1.165, 1.54) is 41.2 Å². The summed E-state index contributed by atoms with van der Waals surface area (Å²) in [6.07, 6.45) is 4.30. The number of thioether (sulfide) groups is 1. The third-order valence-electron chi connectivity index (χ3n) is 9.57. The van der Waals surface area contributed by atoms with Crippen LogP contribution in [0.2, 0.25) is 0 Å². The van der Waals surface area contributed by atoms with Gasteiger partial charge >= 0.3 is 12.1 Å². The van der Waals surface area contributed by atoms with Crippen LogP contribution < -0.4 is 15.4 Å². The van der Waals surface area contributed by atoms with Crippen LogP contribution in [0.4, 0.5) is 10.5 Å². The van der Waals surface area contributed by atoms with Gasteiger partial charge in [-0.2, -0.15) is 4.31 Å². The number of sulfonamides is 1. The Hall–Kier alpha value is -5.00. The molecule has 2 saturated heterocycles. The molecule has 15 nitrogen and oxygen atoms in total. The molecule has 0 radical (unpaired) electrons. The number of benzene rings is 2. The molecule has 2 aliphatic heterocycles. The average Bonchev–Trinajstić information content (AvgIpc) is 3.52. The van der Waals surface area contributed by atoms with Crippen molar-refractivity contribution in [2.45, 2.75) is 94.6 Å². The van der Waals surface area contributed by atoms with E-state index in [1.807, 2.05) is 6.92 Å². The fraction of sp³-hybridized carbons (Fsp3) is 0.463. The minimum absolute atomic E-state index is 0.0108. The quantitative estimate of drug-likeness (QED) is 0.219. The molecule has 0 spiro atoms. The maximum absolute atomic E-state index is 14.0. The number of unbranched alkanes of at least 4 members (excludes halogenated alkanes) is 1. The Morgan fingerprint density at radius 2 is 1.60 bits per heavy atom. The average molecular weight is 837 g/mol. The fourth-order valence-electron chi connectivity index (χ4n) is 6.46. The normalized spacial score (nSPS) is 17.6. The number of hydrogen-bond donors (Lipinski definition) is 2. The van der Waals surface area contributed by atoms with Crippen LogP contribution in [0.1, 0.15) is 76.7 Å². The molecule has 312 valence electrons. The van der Waals surface area contributed by atoms with Crippen molar-refractivity contribution in [2.75, 3.05) is 37.4 Å². The molecule has 1 aromatic heterocycles. The van der Waals surface area contributed by atoms with Gasteiger partial charge in [0, 0.05) is 67.4 Å². The largest absolute Gasteiger partial charge is 0.458 e. The summed E-state index contributed by atoms with van der Waals surface area (Å²) in [5.41, 5.74) is 0.858. The summed E-state index contributed by atoms with van der Waals surface area (Å²) in [6, 6.07) is 13.9. The third kappa shape index (κ3) is 11.3. The number of carbonyl (C=O) groups excluding carboxylic acids is 5. The standard InChI is InChI=1S/C41H52N6O9S2/c1-7-8-11-34(48)43-30-16-14-29(15-17-30)37(50)45-21-23-46(24-22-45)39(52)55-31-18-12-28(13-19-31)25-33(38(51)56-40(2,3)4)44-36(49)35-41(5,6)57-27-47(35)58(53,54)32-10-9-20-42-26-32/h9-10,12-20,26,33,35H,7-8,11,21-25,27H2,1-6H3,(H,43,48)(H,44,49)/t33-,35+/m0/s1. The van der Waals surface area contributed by atoms with E-state index in [4.69, 9.17) is 9.47 Å². The highest BCUT2D eigenvalue weighted by Crippen LogP contribution is 2.42. The summed E-state index contributed by atoms with van der Waals surface area (Å²) in [7, 11) is -4.10. The number of ether oxygens (including phenoxy) is 2. The van der Waals surface area contributed by atoms with Gasteiger partial charge in [-0.25, -0.2) is 18.0 Å². The van der Waals surface area contributed by atoms with Gasteiger partial charge in [0.2, 0.25) is 21.8 Å². The van der Waals surface area contributed by atoms with Crippen LogP contribution in [0.15, 0.2) is 78.0 Å². The number of amides is 4. The second-order valence-corrected chi connectivity index (χ2v) is 19.2. The van der Waals surface area contributed by atoms with Crippen molar-refractivity contribution < 1.29 is 41.9 Å². The van der Waals surface area contributed by atoms with Crippen LogP contribution in [0.3, 0.4) is 0 Å². The number of nitrogens with one attached hydrogen (secondary N) is 2. The predicted octanol–water partition coefficient (Wildman–Crippen LogP) is 5.08. The summed E-state index contributed by atoms with van der Waals surface area (Å²) in [4.78, 5) is 72.8. The predicted molar refractivity (Wildman–Crippen MR) is 220 cm³/mol. The lowest BCUT2D eigenvalue weighted by atomic mass is 10.0. The van der Waals surface area contributed by atoms with Crippen molar-refractivity contribution in [2.24, 2.45) is 0 Å². The fourth-order valence-corrected chi connectivity index (χ4v) is 9.60. The van der Waals surface area contributed by atoms with E-state index in [0.29, 0.717) is 36.3 Å². The summed E-state index contributed by atoms with van der Waals surface area (Å²) >= 11 is 1.31. The Morgan fingerprint density at radius 3 is 2.21 bits per heavy atom. The van der Waals surface area contributed by atoms with E-state index in [1.54, 1.807) is 88.0 Å². The Balaban J connectivity index is 1.18. The first-order chi connectivity index (χ1) is 27.4. The van der Waals surface area contributed by atoms with Crippen molar-refractivity contribution in [3.63, 3.8) is 0 Å². The number of carbonyl (C=O) groups is 5. The van der Waals surface area contributed by atoms with Crippen LogP contribution in [0.5, 0.6) is 5.75 Å².